The van der Waals surface area contributed by atoms with E-state index >= 15 is 0 Å². The number of carbonyl (C=O) groups is 6. The predicted molar refractivity (Wildman–Crippen MR) is 185 cm³/mol. The van der Waals surface area contributed by atoms with Crippen molar-refractivity contribution in [2.24, 2.45) is 23.5 Å². The zero-order valence-corrected chi connectivity index (χ0v) is 30.4. The molecule has 2 aliphatic rings. The highest BCUT2D eigenvalue weighted by Gasteiger charge is 2.40. The van der Waals surface area contributed by atoms with E-state index in [0.717, 1.165) is 32.1 Å². The average molecular weight is 695 g/mol. The quantitative estimate of drug-likeness (QED) is 0.172. The Hall–Kier alpha value is -3.26. The van der Waals surface area contributed by atoms with Crippen molar-refractivity contribution in [2.45, 2.75) is 148 Å². The van der Waals surface area contributed by atoms with Gasteiger partial charge in [0.1, 0.15) is 36.8 Å². The highest BCUT2D eigenvalue weighted by Crippen LogP contribution is 2.28. The maximum absolute atomic E-state index is 14.4. The summed E-state index contributed by atoms with van der Waals surface area (Å²) in [5, 5.41) is 20.8. The van der Waals surface area contributed by atoms with Gasteiger partial charge in [0.2, 0.25) is 29.5 Å². The number of hydrogen-bond donors (Lipinski definition) is 6. The summed E-state index contributed by atoms with van der Waals surface area (Å²) in [4.78, 5) is 83.4. The second kappa shape index (κ2) is 21.1. The molecule has 1 unspecified atom stereocenters. The van der Waals surface area contributed by atoms with Crippen LogP contribution in [0.25, 0.3) is 0 Å². The number of hydrogen-bond acceptors (Lipinski definition) is 9. The highest BCUT2D eigenvalue weighted by atomic mass is 16.5. The maximum Gasteiger partial charge on any atom is 0.325 e. The molecule has 1 saturated carbocycles. The van der Waals surface area contributed by atoms with E-state index in [4.69, 9.17) is 10.5 Å². The van der Waals surface area contributed by atoms with Crippen molar-refractivity contribution in [2.75, 3.05) is 20.1 Å². The van der Waals surface area contributed by atoms with Gasteiger partial charge in [-0.15, -0.1) is 0 Å². The number of aliphatic hydroxyl groups is 1. The molecule has 1 saturated heterocycles. The Morgan fingerprint density at radius 1 is 0.857 bits per heavy atom. The van der Waals surface area contributed by atoms with Crippen molar-refractivity contribution in [1.29, 1.82) is 0 Å². The Morgan fingerprint density at radius 2 is 1.49 bits per heavy atom. The number of ether oxygens (including phenoxy) is 1. The molecule has 14 nitrogen and oxygen atoms in total. The Bertz CT molecular complexity index is 1110. The molecule has 0 radical (unpaired) electrons. The standard InChI is InChI=1S/C35H62N6O8/c1-7-9-16-24-27(17-10-8-2)49-28(43)20-37-33(46)29(22(5)42)39-31(44)25(19-36)38-34(47)30(23-14-12-11-13-15-23)40-32(45)26(18-21(3)4)41(6)35(24)48/h21-27,29-30,42H,7-20,36H2,1-6H3,(H,37,46)(H,38,47)(H,39,44)(H,40,45)/t22?,24-,25+,26+,27-,29+,30+/m1/s1. The van der Waals surface area contributed by atoms with Gasteiger partial charge >= 0.3 is 5.97 Å². The summed E-state index contributed by atoms with van der Waals surface area (Å²) in [5.41, 5.74) is 5.89. The number of amides is 5. The molecule has 0 aromatic carbocycles. The fraction of sp³-hybridized carbons (Fsp3) is 0.829. The summed E-state index contributed by atoms with van der Waals surface area (Å²) in [6.07, 6.45) is 6.07. The van der Waals surface area contributed by atoms with Crippen molar-refractivity contribution in [3.05, 3.63) is 0 Å². The molecule has 49 heavy (non-hydrogen) atoms. The molecule has 1 aliphatic heterocycles. The van der Waals surface area contributed by atoms with Gasteiger partial charge in [0.15, 0.2) is 0 Å². The summed E-state index contributed by atoms with van der Waals surface area (Å²) in [6.45, 7) is 8.30. The van der Waals surface area contributed by atoms with Gasteiger partial charge in [-0.3, -0.25) is 28.8 Å². The molecule has 14 heteroatoms. The zero-order valence-electron chi connectivity index (χ0n) is 30.4. The number of unbranched alkanes of at least 4 members (excludes halogenated alkanes) is 2. The molecule has 5 amide bonds. The second-order valence-electron chi connectivity index (χ2n) is 14.1. The molecule has 0 spiro atoms. The van der Waals surface area contributed by atoms with Crippen LogP contribution in [0.1, 0.15) is 112 Å². The van der Waals surface area contributed by atoms with Crippen LogP contribution in [0.3, 0.4) is 0 Å². The first kappa shape index (κ1) is 41.9. The summed E-state index contributed by atoms with van der Waals surface area (Å²) >= 11 is 0. The fourth-order valence-corrected chi connectivity index (χ4v) is 6.69. The molecule has 1 aliphatic carbocycles. The number of nitrogens with zero attached hydrogens (tertiary/aromatic N) is 1. The van der Waals surface area contributed by atoms with E-state index in [2.05, 4.69) is 21.3 Å². The molecule has 7 N–H and O–H groups in total. The van der Waals surface area contributed by atoms with Crippen LogP contribution >= 0.6 is 0 Å². The van der Waals surface area contributed by atoms with Gasteiger partial charge in [0.25, 0.3) is 0 Å². The Morgan fingerprint density at radius 3 is 2.06 bits per heavy atom. The van der Waals surface area contributed by atoms with Gasteiger partial charge in [-0.1, -0.05) is 72.6 Å². The van der Waals surface area contributed by atoms with Crippen LogP contribution in [0.5, 0.6) is 0 Å². The molecule has 2 rings (SSSR count). The van der Waals surface area contributed by atoms with Gasteiger partial charge in [-0.05, 0) is 50.9 Å². The van der Waals surface area contributed by atoms with Crippen LogP contribution in [0, 0.1) is 17.8 Å². The van der Waals surface area contributed by atoms with Crippen molar-refractivity contribution in [1.82, 2.24) is 26.2 Å². The fourth-order valence-electron chi connectivity index (χ4n) is 6.69. The van der Waals surface area contributed by atoms with E-state index in [9.17, 15) is 33.9 Å². The summed E-state index contributed by atoms with van der Waals surface area (Å²) in [5.74, 6) is -4.78. The molecule has 280 valence electrons. The number of nitrogens with one attached hydrogen (secondary N) is 4. The number of nitrogens with two attached hydrogens (primary N) is 1. The number of esters is 1. The van der Waals surface area contributed by atoms with Gasteiger partial charge in [0, 0.05) is 13.6 Å². The van der Waals surface area contributed by atoms with Gasteiger partial charge in [0.05, 0.1) is 12.0 Å². The Balaban J connectivity index is 2.65. The lowest BCUT2D eigenvalue weighted by Gasteiger charge is -2.36. The normalized spacial score (nSPS) is 28.4. The van der Waals surface area contributed by atoms with Gasteiger partial charge < -0.3 is 41.7 Å². The van der Waals surface area contributed by atoms with Crippen LogP contribution < -0.4 is 27.0 Å². The second-order valence-corrected chi connectivity index (χ2v) is 14.1. The highest BCUT2D eigenvalue weighted by molar-refractivity contribution is 5.96. The molecule has 0 aromatic rings. The number of carbonyl (C=O) groups excluding carboxylic acids is 6. The van der Waals surface area contributed by atoms with Crippen molar-refractivity contribution in [3.63, 3.8) is 0 Å². The van der Waals surface area contributed by atoms with Crippen molar-refractivity contribution >= 4 is 35.5 Å². The van der Waals surface area contributed by atoms with Gasteiger partial charge in [-0.2, -0.15) is 0 Å². The average Bonchev–Trinajstić information content (AvgIpc) is 3.07. The SMILES string of the molecule is CCCC[C@H]1OC(=O)CNC(=O)[C@H](C(C)O)NC(=O)[C@H](CN)NC(=O)[C@H](C2CCCCC2)NC(=O)[C@H](CC(C)C)N(C)C(=O)[C@@H]1CCCC. The van der Waals surface area contributed by atoms with E-state index < -0.39 is 78.4 Å². The van der Waals surface area contributed by atoms with E-state index in [0.29, 0.717) is 44.9 Å². The third-order valence-corrected chi connectivity index (χ3v) is 9.61. The lowest BCUT2D eigenvalue weighted by molar-refractivity contribution is -0.159. The predicted octanol–water partition coefficient (Wildman–Crippen LogP) is 1.27. The summed E-state index contributed by atoms with van der Waals surface area (Å²) in [7, 11) is 1.58. The first-order valence-corrected chi connectivity index (χ1v) is 18.3. The third-order valence-electron chi connectivity index (χ3n) is 9.61. The zero-order chi connectivity index (χ0) is 36.7. The van der Waals surface area contributed by atoms with Crippen LogP contribution in [-0.4, -0.2) is 102 Å². The molecule has 1 heterocycles. The minimum absolute atomic E-state index is 0.0214. The lowest BCUT2D eigenvalue weighted by Crippen LogP contribution is -2.62. The van der Waals surface area contributed by atoms with Gasteiger partial charge in [-0.25, -0.2) is 0 Å². The smallest absolute Gasteiger partial charge is 0.325 e. The largest absolute Gasteiger partial charge is 0.460 e. The molecule has 0 aromatic heterocycles. The monoisotopic (exact) mass is 694 g/mol. The van der Waals surface area contributed by atoms with E-state index in [-0.39, 0.29) is 24.3 Å². The number of cyclic esters (lactones) is 1. The minimum atomic E-state index is -1.47. The number of likely N-dealkylation sites (N-methyl/N-ethyl adjacent to an activating group) is 1. The summed E-state index contributed by atoms with van der Waals surface area (Å²) in [6, 6.07) is -4.67. The van der Waals surface area contributed by atoms with E-state index in [1.807, 2.05) is 27.7 Å². The maximum atomic E-state index is 14.4. The number of aliphatic hydroxyl groups excluding tert-OH is 1. The van der Waals surface area contributed by atoms with Crippen LogP contribution in [0.2, 0.25) is 0 Å². The van der Waals surface area contributed by atoms with Crippen molar-refractivity contribution in [3.8, 4) is 0 Å². The van der Waals surface area contributed by atoms with Crippen LogP contribution in [0.15, 0.2) is 0 Å². The number of rotatable bonds is 11. The van der Waals surface area contributed by atoms with E-state index in [1.54, 1.807) is 7.05 Å². The Kier molecular flexibility index (Phi) is 18.0. The molecule has 2 fully saturated rings. The molecule has 0 bridgehead atoms. The van der Waals surface area contributed by atoms with Crippen LogP contribution in [0.4, 0.5) is 0 Å². The Labute approximate surface area is 291 Å². The first-order valence-electron chi connectivity index (χ1n) is 18.3. The molecular weight excluding hydrogens is 632 g/mol. The molecular formula is C35H62N6O8. The minimum Gasteiger partial charge on any atom is -0.460 e. The summed E-state index contributed by atoms with van der Waals surface area (Å²) < 4.78 is 5.88. The van der Waals surface area contributed by atoms with E-state index in [1.165, 1.54) is 11.8 Å². The molecule has 7 atom stereocenters. The van der Waals surface area contributed by atoms with Crippen LogP contribution in [-0.2, 0) is 33.5 Å². The third kappa shape index (κ3) is 12.9. The van der Waals surface area contributed by atoms with Crippen molar-refractivity contribution < 1.29 is 38.6 Å². The lowest BCUT2D eigenvalue weighted by atomic mass is 9.83. The topological polar surface area (TPSA) is 209 Å². The first-order chi connectivity index (χ1) is 23.2.